The van der Waals surface area contributed by atoms with Gasteiger partial charge in [-0.05, 0) is 68.5 Å². The van der Waals surface area contributed by atoms with Crippen LogP contribution in [-0.4, -0.2) is 34.7 Å². The van der Waals surface area contributed by atoms with E-state index >= 15 is 0 Å². The molecule has 3 amide bonds. The topological polar surface area (TPSA) is 138 Å². The van der Waals surface area contributed by atoms with Crippen molar-refractivity contribution in [2.75, 3.05) is 17.7 Å². The van der Waals surface area contributed by atoms with E-state index in [1.807, 2.05) is 26.8 Å². The van der Waals surface area contributed by atoms with Gasteiger partial charge in [0.05, 0.1) is 25.2 Å². The minimum absolute atomic E-state index is 0.0896. The average molecular weight is 555 g/mol. The van der Waals surface area contributed by atoms with Crippen LogP contribution in [0.25, 0.3) is 0 Å². The van der Waals surface area contributed by atoms with Gasteiger partial charge in [0.15, 0.2) is 11.5 Å². The van der Waals surface area contributed by atoms with Gasteiger partial charge < -0.3 is 20.1 Å². The number of nitriles is 1. The summed E-state index contributed by atoms with van der Waals surface area (Å²) in [7, 11) is 1.44. The fourth-order valence-corrected chi connectivity index (χ4v) is 3.80. The molecule has 0 aliphatic carbocycles. The number of urea groups is 1. The van der Waals surface area contributed by atoms with E-state index in [-0.39, 0.29) is 24.5 Å². The lowest BCUT2D eigenvalue weighted by Gasteiger charge is -2.20. The summed E-state index contributed by atoms with van der Waals surface area (Å²) in [5.74, 6) is 0.0661. The second kappa shape index (κ2) is 12.9. The van der Waals surface area contributed by atoms with Crippen molar-refractivity contribution in [1.82, 2.24) is 15.3 Å². The van der Waals surface area contributed by atoms with Gasteiger partial charge in [-0.1, -0.05) is 23.7 Å². The molecule has 1 aromatic heterocycles. The summed E-state index contributed by atoms with van der Waals surface area (Å²) < 4.78 is 25.4. The first-order chi connectivity index (χ1) is 18.5. The highest BCUT2D eigenvalue weighted by atomic mass is 35.5. The minimum atomic E-state index is -0.623. The summed E-state index contributed by atoms with van der Waals surface area (Å²) in [6, 6.07) is 9.02. The molecule has 0 aliphatic heterocycles. The second-order valence-corrected chi connectivity index (χ2v) is 9.86. The van der Waals surface area contributed by atoms with Crippen LogP contribution in [0.4, 0.5) is 25.5 Å². The molecular formula is C27H28ClFN6O4. The van der Waals surface area contributed by atoms with E-state index in [0.29, 0.717) is 39.6 Å². The molecule has 0 saturated heterocycles. The van der Waals surface area contributed by atoms with Gasteiger partial charge in [-0.2, -0.15) is 5.26 Å². The Labute approximate surface area is 230 Å². The first kappa shape index (κ1) is 29.1. The van der Waals surface area contributed by atoms with Gasteiger partial charge in [0, 0.05) is 10.6 Å². The SMILES string of the molecule is COc1cc(CCc2c(F)cccc2COC(=O)NC(C)(C)C)c(Cl)cc1NC(=O)Nc1cnc(C#N)cn1. The van der Waals surface area contributed by atoms with Crippen LogP contribution in [0, 0.1) is 17.1 Å². The number of carbonyl (C=O) groups is 2. The number of nitrogens with one attached hydrogen (secondary N) is 3. The molecule has 0 spiro atoms. The summed E-state index contributed by atoms with van der Waals surface area (Å²) in [4.78, 5) is 32.3. The fourth-order valence-electron chi connectivity index (χ4n) is 3.54. The van der Waals surface area contributed by atoms with Crippen molar-refractivity contribution in [2.45, 2.75) is 45.8 Å². The Morgan fingerprint density at radius 3 is 2.51 bits per heavy atom. The van der Waals surface area contributed by atoms with Gasteiger partial charge >= 0.3 is 12.1 Å². The lowest BCUT2D eigenvalue weighted by molar-refractivity contribution is 0.131. The molecule has 0 atom stereocenters. The number of halogens is 2. The molecule has 39 heavy (non-hydrogen) atoms. The van der Waals surface area contributed by atoms with Gasteiger partial charge in [-0.15, -0.1) is 0 Å². The third-order valence-corrected chi connectivity index (χ3v) is 5.67. The maximum atomic E-state index is 14.7. The number of hydrogen-bond donors (Lipinski definition) is 3. The molecule has 0 bridgehead atoms. The average Bonchev–Trinajstić information content (AvgIpc) is 2.87. The van der Waals surface area contributed by atoms with Crippen molar-refractivity contribution in [3.8, 4) is 11.8 Å². The first-order valence-electron chi connectivity index (χ1n) is 11.9. The summed E-state index contributed by atoms with van der Waals surface area (Å²) in [5.41, 5.74) is 1.57. The second-order valence-electron chi connectivity index (χ2n) is 9.45. The van der Waals surface area contributed by atoms with Gasteiger partial charge in [0.25, 0.3) is 0 Å². The predicted molar refractivity (Wildman–Crippen MR) is 144 cm³/mol. The van der Waals surface area contributed by atoms with Crippen LogP contribution in [-0.2, 0) is 24.2 Å². The number of carbonyl (C=O) groups excluding carboxylic acids is 2. The molecule has 0 unspecified atom stereocenters. The van der Waals surface area contributed by atoms with Crippen LogP contribution in [0.5, 0.6) is 5.75 Å². The zero-order chi connectivity index (χ0) is 28.6. The number of ether oxygens (including phenoxy) is 2. The standard InChI is InChI=1S/C27H28ClFN6O4/c1-27(2,3)35-26(37)39-15-17-6-5-7-21(29)19(17)9-8-16-10-23(38-4)22(11-20(16)28)33-25(36)34-24-14-31-18(12-30)13-32-24/h5-7,10-11,13-14H,8-9,15H2,1-4H3,(H,35,37)(H2,32,33,34,36). The van der Waals surface area contributed by atoms with Crippen LogP contribution >= 0.6 is 11.6 Å². The molecule has 204 valence electrons. The van der Waals surface area contributed by atoms with Crippen molar-refractivity contribution in [1.29, 1.82) is 5.26 Å². The zero-order valence-corrected chi connectivity index (χ0v) is 22.6. The number of nitrogens with zero attached hydrogens (tertiary/aromatic N) is 3. The lowest BCUT2D eigenvalue weighted by atomic mass is 9.99. The Morgan fingerprint density at radius 1 is 1.10 bits per heavy atom. The molecule has 3 aromatic rings. The number of aromatic nitrogens is 2. The largest absolute Gasteiger partial charge is 0.495 e. The number of benzene rings is 2. The third-order valence-electron chi connectivity index (χ3n) is 5.32. The Bertz CT molecular complexity index is 1390. The summed E-state index contributed by atoms with van der Waals surface area (Å²) >= 11 is 6.49. The van der Waals surface area contributed by atoms with E-state index < -0.39 is 23.5 Å². The molecule has 0 saturated carbocycles. The maximum absolute atomic E-state index is 14.7. The van der Waals surface area contributed by atoms with Gasteiger partial charge in [-0.3, -0.25) is 5.32 Å². The van der Waals surface area contributed by atoms with E-state index in [0.717, 1.165) is 0 Å². The van der Waals surface area contributed by atoms with Crippen LogP contribution < -0.4 is 20.7 Å². The van der Waals surface area contributed by atoms with E-state index in [2.05, 4.69) is 25.9 Å². The van der Waals surface area contributed by atoms with E-state index in [1.165, 1.54) is 31.6 Å². The van der Waals surface area contributed by atoms with Crippen molar-refractivity contribution in [2.24, 2.45) is 0 Å². The molecular weight excluding hydrogens is 527 g/mol. The highest BCUT2D eigenvalue weighted by Crippen LogP contribution is 2.32. The monoisotopic (exact) mass is 554 g/mol. The first-order valence-corrected chi connectivity index (χ1v) is 12.2. The van der Waals surface area contributed by atoms with Gasteiger partial charge in [0.1, 0.15) is 24.2 Å². The quantitative estimate of drug-likeness (QED) is 0.329. The highest BCUT2D eigenvalue weighted by molar-refractivity contribution is 6.31. The van der Waals surface area contributed by atoms with Crippen LogP contribution in [0.2, 0.25) is 5.02 Å². The Kier molecular flexibility index (Phi) is 9.62. The predicted octanol–water partition coefficient (Wildman–Crippen LogP) is 5.60. The van der Waals surface area contributed by atoms with Crippen molar-refractivity contribution < 1.29 is 23.5 Å². The van der Waals surface area contributed by atoms with Crippen molar-refractivity contribution in [3.05, 3.63) is 75.9 Å². The molecule has 3 N–H and O–H groups in total. The summed E-state index contributed by atoms with van der Waals surface area (Å²) in [5, 5.41) is 17.0. The molecule has 10 nitrogen and oxygen atoms in total. The molecule has 0 radical (unpaired) electrons. The number of rotatable bonds is 8. The number of aryl methyl sites for hydroxylation is 1. The zero-order valence-electron chi connectivity index (χ0n) is 21.9. The molecule has 1 heterocycles. The van der Waals surface area contributed by atoms with E-state index in [1.54, 1.807) is 18.2 Å². The normalized spacial score (nSPS) is 10.8. The van der Waals surface area contributed by atoms with Crippen molar-refractivity contribution in [3.63, 3.8) is 0 Å². The van der Waals surface area contributed by atoms with Crippen LogP contribution in [0.15, 0.2) is 42.7 Å². The van der Waals surface area contributed by atoms with Gasteiger partial charge in [0.2, 0.25) is 0 Å². The van der Waals surface area contributed by atoms with Gasteiger partial charge in [-0.25, -0.2) is 23.9 Å². The third kappa shape index (κ3) is 8.55. The number of hydrogen-bond acceptors (Lipinski definition) is 7. The smallest absolute Gasteiger partial charge is 0.407 e. The van der Waals surface area contributed by atoms with Crippen LogP contribution in [0.3, 0.4) is 0 Å². The fraction of sp³-hybridized carbons (Fsp3) is 0.296. The Balaban J connectivity index is 1.69. The molecule has 12 heteroatoms. The summed E-state index contributed by atoms with van der Waals surface area (Å²) in [6.45, 7) is 5.40. The molecule has 2 aromatic carbocycles. The minimum Gasteiger partial charge on any atom is -0.495 e. The van der Waals surface area contributed by atoms with E-state index in [4.69, 9.17) is 26.3 Å². The lowest BCUT2D eigenvalue weighted by Crippen LogP contribution is -2.40. The maximum Gasteiger partial charge on any atom is 0.407 e. The number of alkyl carbamates (subject to hydrolysis) is 1. The highest BCUT2D eigenvalue weighted by Gasteiger charge is 2.17. The number of methoxy groups -OCH3 is 1. The summed E-state index contributed by atoms with van der Waals surface area (Å²) in [6.07, 6.45) is 2.52. The van der Waals surface area contributed by atoms with E-state index in [9.17, 15) is 14.0 Å². The number of amides is 3. The Hall–Kier alpha value is -4.43. The molecule has 3 rings (SSSR count). The number of anilines is 2. The molecule has 0 fully saturated rings. The Morgan fingerprint density at radius 2 is 1.87 bits per heavy atom. The molecule has 0 aliphatic rings. The van der Waals surface area contributed by atoms with Crippen LogP contribution in [0.1, 0.15) is 43.2 Å². The van der Waals surface area contributed by atoms with Crippen molar-refractivity contribution >= 4 is 35.2 Å².